The van der Waals surface area contributed by atoms with E-state index in [1.54, 1.807) is 0 Å². The van der Waals surface area contributed by atoms with Crippen LogP contribution in [-0.4, -0.2) is 22.9 Å². The van der Waals surface area contributed by atoms with Crippen LogP contribution in [0.15, 0.2) is 42.5 Å². The Kier molecular flexibility index (Phi) is 3.68. The Morgan fingerprint density at radius 3 is 2.62 bits per heavy atom. The molecule has 1 aliphatic heterocycles. The number of fused-ring (bicyclic) bond motifs is 1. The van der Waals surface area contributed by atoms with Crippen LogP contribution < -0.4 is 5.73 Å². The monoisotopic (exact) mass is 282 g/mol. The number of amides is 1. The molecule has 1 aliphatic rings. The van der Waals surface area contributed by atoms with Crippen molar-refractivity contribution in [3.05, 3.63) is 48.0 Å². The Morgan fingerprint density at radius 2 is 1.86 bits per heavy atom. The van der Waals surface area contributed by atoms with Gasteiger partial charge in [0.2, 0.25) is 5.91 Å². The first kappa shape index (κ1) is 14.1. The molecule has 2 aromatic rings. The van der Waals surface area contributed by atoms with Crippen LogP contribution in [0.25, 0.3) is 10.8 Å². The molecule has 1 fully saturated rings. The number of nitrogens with two attached hydrogens (primary N) is 1. The third-order valence-electron chi connectivity index (χ3n) is 4.38. The van der Waals surface area contributed by atoms with Crippen LogP contribution in [0.2, 0.25) is 0 Å². The summed E-state index contributed by atoms with van der Waals surface area (Å²) in [5, 5.41) is 2.39. The average Bonchev–Trinajstić information content (AvgIpc) is 2.48. The summed E-state index contributed by atoms with van der Waals surface area (Å²) in [6.07, 6.45) is 1.32. The number of hydrogen-bond acceptors (Lipinski definition) is 2. The van der Waals surface area contributed by atoms with Crippen molar-refractivity contribution in [2.24, 2.45) is 5.73 Å². The SMILES string of the molecule is CC(C)N1C(=O)CCC(N)C1c1cccc2ccccc12. The van der Waals surface area contributed by atoms with Crippen molar-refractivity contribution in [2.45, 2.75) is 44.8 Å². The highest BCUT2D eigenvalue weighted by molar-refractivity contribution is 5.87. The average molecular weight is 282 g/mol. The van der Waals surface area contributed by atoms with Gasteiger partial charge in [-0.1, -0.05) is 42.5 Å². The normalized spacial score (nSPS) is 23.0. The van der Waals surface area contributed by atoms with Gasteiger partial charge in [-0.05, 0) is 36.6 Å². The number of piperidine rings is 1. The Hall–Kier alpha value is -1.87. The molecule has 0 saturated carbocycles. The van der Waals surface area contributed by atoms with Crippen molar-refractivity contribution in [1.29, 1.82) is 0 Å². The lowest BCUT2D eigenvalue weighted by molar-refractivity contribution is -0.139. The van der Waals surface area contributed by atoms with Crippen molar-refractivity contribution in [3.8, 4) is 0 Å². The van der Waals surface area contributed by atoms with Crippen LogP contribution in [0.5, 0.6) is 0 Å². The fraction of sp³-hybridized carbons (Fsp3) is 0.389. The van der Waals surface area contributed by atoms with Gasteiger partial charge in [0.15, 0.2) is 0 Å². The molecule has 2 N–H and O–H groups in total. The van der Waals surface area contributed by atoms with Crippen molar-refractivity contribution >= 4 is 16.7 Å². The van der Waals surface area contributed by atoms with Crippen LogP contribution in [-0.2, 0) is 4.79 Å². The molecule has 2 unspecified atom stereocenters. The zero-order valence-electron chi connectivity index (χ0n) is 12.6. The molecule has 1 saturated heterocycles. The molecule has 2 aromatic carbocycles. The van der Waals surface area contributed by atoms with Gasteiger partial charge < -0.3 is 10.6 Å². The van der Waals surface area contributed by atoms with E-state index in [1.165, 1.54) is 16.3 Å². The third-order valence-corrected chi connectivity index (χ3v) is 4.38. The van der Waals surface area contributed by atoms with Crippen LogP contribution in [0.1, 0.15) is 38.3 Å². The van der Waals surface area contributed by atoms with E-state index < -0.39 is 0 Å². The van der Waals surface area contributed by atoms with E-state index in [9.17, 15) is 4.79 Å². The highest BCUT2D eigenvalue weighted by Crippen LogP contribution is 2.36. The molecule has 21 heavy (non-hydrogen) atoms. The Labute approximate surface area is 125 Å². The van der Waals surface area contributed by atoms with Crippen molar-refractivity contribution < 1.29 is 4.79 Å². The summed E-state index contributed by atoms with van der Waals surface area (Å²) in [4.78, 5) is 14.3. The number of likely N-dealkylation sites (tertiary alicyclic amines) is 1. The fourth-order valence-corrected chi connectivity index (χ4v) is 3.44. The van der Waals surface area contributed by atoms with Gasteiger partial charge in [-0.15, -0.1) is 0 Å². The first-order chi connectivity index (χ1) is 10.1. The van der Waals surface area contributed by atoms with E-state index in [-0.39, 0.29) is 24.0 Å². The first-order valence-electron chi connectivity index (χ1n) is 7.64. The summed E-state index contributed by atoms with van der Waals surface area (Å²) in [5.41, 5.74) is 7.57. The van der Waals surface area contributed by atoms with Gasteiger partial charge in [0.1, 0.15) is 0 Å². The second kappa shape index (κ2) is 5.49. The minimum absolute atomic E-state index is 0.00379. The molecule has 2 atom stereocenters. The second-order valence-electron chi connectivity index (χ2n) is 6.11. The van der Waals surface area contributed by atoms with Crippen molar-refractivity contribution in [3.63, 3.8) is 0 Å². The standard InChI is InChI=1S/C18H22N2O/c1-12(2)20-17(21)11-10-16(19)18(20)15-9-5-7-13-6-3-4-8-14(13)15/h3-9,12,16,18H,10-11,19H2,1-2H3. The summed E-state index contributed by atoms with van der Waals surface area (Å²) in [6, 6.07) is 14.7. The van der Waals surface area contributed by atoms with E-state index >= 15 is 0 Å². The molecule has 0 radical (unpaired) electrons. The summed E-state index contributed by atoms with van der Waals surface area (Å²) in [7, 11) is 0. The van der Waals surface area contributed by atoms with Gasteiger partial charge in [-0.3, -0.25) is 4.79 Å². The van der Waals surface area contributed by atoms with Crippen molar-refractivity contribution in [1.82, 2.24) is 4.90 Å². The number of hydrogen-bond donors (Lipinski definition) is 1. The second-order valence-corrected chi connectivity index (χ2v) is 6.11. The molecule has 3 heteroatoms. The van der Waals surface area contributed by atoms with E-state index in [0.717, 1.165) is 6.42 Å². The van der Waals surface area contributed by atoms with E-state index in [2.05, 4.69) is 44.2 Å². The summed E-state index contributed by atoms with van der Waals surface area (Å²) in [6.45, 7) is 4.13. The van der Waals surface area contributed by atoms with Gasteiger partial charge in [0.05, 0.1) is 6.04 Å². The Bertz CT molecular complexity index is 660. The quantitative estimate of drug-likeness (QED) is 0.919. The van der Waals surface area contributed by atoms with E-state index in [0.29, 0.717) is 6.42 Å². The molecule has 1 amide bonds. The van der Waals surface area contributed by atoms with Crippen LogP contribution >= 0.6 is 0 Å². The molecule has 110 valence electrons. The van der Waals surface area contributed by atoms with E-state index in [4.69, 9.17) is 5.73 Å². The molecule has 0 aliphatic carbocycles. The molecular weight excluding hydrogens is 260 g/mol. The number of benzene rings is 2. The van der Waals surface area contributed by atoms with E-state index in [1.807, 2.05) is 17.0 Å². The lowest BCUT2D eigenvalue weighted by atomic mass is 9.87. The van der Waals surface area contributed by atoms with Gasteiger partial charge >= 0.3 is 0 Å². The zero-order valence-corrected chi connectivity index (χ0v) is 12.6. The van der Waals surface area contributed by atoms with Crippen molar-refractivity contribution in [2.75, 3.05) is 0 Å². The predicted octanol–water partition coefficient (Wildman–Crippen LogP) is 3.24. The fourth-order valence-electron chi connectivity index (χ4n) is 3.44. The maximum absolute atomic E-state index is 12.4. The molecule has 3 rings (SSSR count). The highest BCUT2D eigenvalue weighted by atomic mass is 16.2. The molecular formula is C18H22N2O. The van der Waals surface area contributed by atoms with Gasteiger partial charge in [-0.2, -0.15) is 0 Å². The van der Waals surface area contributed by atoms with Crippen LogP contribution in [0, 0.1) is 0 Å². The molecule has 1 heterocycles. The molecule has 0 aromatic heterocycles. The summed E-state index contributed by atoms with van der Waals surface area (Å²) in [5.74, 6) is 0.213. The third kappa shape index (κ3) is 2.42. The molecule has 0 spiro atoms. The zero-order chi connectivity index (χ0) is 15.0. The predicted molar refractivity (Wildman–Crippen MR) is 85.9 cm³/mol. The number of carbonyl (C=O) groups is 1. The van der Waals surface area contributed by atoms with Gasteiger partial charge in [0.25, 0.3) is 0 Å². The maximum atomic E-state index is 12.4. The van der Waals surface area contributed by atoms with Gasteiger partial charge in [-0.25, -0.2) is 0 Å². The highest BCUT2D eigenvalue weighted by Gasteiger charge is 2.36. The number of nitrogens with zero attached hydrogens (tertiary/aromatic N) is 1. The lowest BCUT2D eigenvalue weighted by Crippen LogP contribution is -2.51. The summed E-state index contributed by atoms with van der Waals surface area (Å²) < 4.78 is 0. The molecule has 0 bridgehead atoms. The Morgan fingerprint density at radius 1 is 1.14 bits per heavy atom. The van der Waals surface area contributed by atoms with Crippen LogP contribution in [0.3, 0.4) is 0 Å². The topological polar surface area (TPSA) is 46.3 Å². The minimum Gasteiger partial charge on any atom is -0.332 e. The first-order valence-corrected chi connectivity index (χ1v) is 7.64. The van der Waals surface area contributed by atoms with Crippen LogP contribution in [0.4, 0.5) is 0 Å². The Balaban J connectivity index is 2.16. The lowest BCUT2D eigenvalue weighted by Gasteiger charge is -2.43. The van der Waals surface area contributed by atoms with Gasteiger partial charge in [0, 0.05) is 18.5 Å². The number of carbonyl (C=O) groups excluding carboxylic acids is 1. The smallest absolute Gasteiger partial charge is 0.223 e. The molecule has 3 nitrogen and oxygen atoms in total. The maximum Gasteiger partial charge on any atom is 0.223 e. The number of rotatable bonds is 2. The summed E-state index contributed by atoms with van der Waals surface area (Å²) >= 11 is 0. The minimum atomic E-state index is -0.0302. The largest absolute Gasteiger partial charge is 0.332 e.